The van der Waals surface area contributed by atoms with Crippen LogP contribution in [-0.4, -0.2) is 43.1 Å². The molecule has 0 aliphatic rings. The van der Waals surface area contributed by atoms with Gasteiger partial charge in [-0.25, -0.2) is 4.98 Å². The molecule has 0 saturated carbocycles. The first kappa shape index (κ1) is 24.8. The van der Waals surface area contributed by atoms with Crippen molar-refractivity contribution in [2.24, 2.45) is 4.99 Å². The van der Waals surface area contributed by atoms with E-state index >= 15 is 0 Å². The number of aliphatic imine (C=N–C) groups is 1. The summed E-state index contributed by atoms with van der Waals surface area (Å²) in [7, 11) is 1.69. The molecule has 0 aliphatic carbocycles. The van der Waals surface area contributed by atoms with Gasteiger partial charge in [-0.15, -0.1) is 35.3 Å². The van der Waals surface area contributed by atoms with E-state index in [1.165, 1.54) is 12.1 Å². The highest BCUT2D eigenvalue weighted by atomic mass is 127. The monoisotopic (exact) mass is 546 g/mol. The van der Waals surface area contributed by atoms with Crippen LogP contribution in [0.2, 0.25) is 0 Å². The second-order valence-electron chi connectivity index (χ2n) is 5.40. The summed E-state index contributed by atoms with van der Waals surface area (Å²) in [5.41, 5.74) is 0.914. The lowest BCUT2D eigenvalue weighted by molar-refractivity contribution is -0.153. The molecular formula is C17H22F3IN4OS2. The molecule has 1 aromatic heterocycles. The van der Waals surface area contributed by atoms with Crippen LogP contribution < -0.4 is 15.4 Å². The Hall–Kier alpha value is -1.21. The van der Waals surface area contributed by atoms with Gasteiger partial charge in [0.25, 0.3) is 0 Å². The molecule has 5 nitrogen and oxygen atoms in total. The maximum atomic E-state index is 12.1. The molecular weight excluding hydrogens is 524 g/mol. The highest BCUT2D eigenvalue weighted by Gasteiger charge is 2.28. The zero-order chi connectivity index (χ0) is 19.5. The number of nitrogens with zero attached hydrogens (tertiary/aromatic N) is 2. The Balaban J connectivity index is 0.00000392. The molecule has 0 unspecified atom stereocenters. The number of thioether (sulfide) groups is 1. The highest BCUT2D eigenvalue weighted by Crippen LogP contribution is 2.20. The summed E-state index contributed by atoms with van der Waals surface area (Å²) in [5, 5.41) is 8.35. The van der Waals surface area contributed by atoms with Crippen LogP contribution in [0.5, 0.6) is 5.75 Å². The van der Waals surface area contributed by atoms with Gasteiger partial charge in [0.15, 0.2) is 12.6 Å². The van der Waals surface area contributed by atoms with E-state index in [1.807, 2.05) is 5.38 Å². The number of aromatic nitrogens is 1. The Morgan fingerprint density at radius 2 is 2.00 bits per heavy atom. The minimum Gasteiger partial charge on any atom is -0.484 e. The van der Waals surface area contributed by atoms with Crippen LogP contribution in [-0.2, 0) is 6.54 Å². The van der Waals surface area contributed by atoms with Crippen molar-refractivity contribution in [3.63, 3.8) is 0 Å². The van der Waals surface area contributed by atoms with Gasteiger partial charge in [-0.2, -0.15) is 13.2 Å². The van der Waals surface area contributed by atoms with E-state index in [9.17, 15) is 13.2 Å². The lowest BCUT2D eigenvalue weighted by Gasteiger charge is -2.12. The van der Waals surface area contributed by atoms with Crippen LogP contribution in [0, 0.1) is 0 Å². The van der Waals surface area contributed by atoms with Gasteiger partial charge in [0.2, 0.25) is 0 Å². The standard InChI is InChI=1S/C17H21F3N4OS2.HI/c1-21-15(22-7-2-9-26-16-23-8-10-27-16)24-11-13-3-5-14(6-4-13)25-12-17(18,19)20;/h3-6,8,10H,2,7,9,11-12H2,1H3,(H2,21,22,24);1H. The second kappa shape index (κ2) is 13.1. The van der Waals surface area contributed by atoms with Crippen molar-refractivity contribution in [3.05, 3.63) is 41.4 Å². The van der Waals surface area contributed by atoms with Crippen LogP contribution in [0.3, 0.4) is 0 Å². The number of benzene rings is 1. The summed E-state index contributed by atoms with van der Waals surface area (Å²) < 4.78 is 42.2. The molecule has 156 valence electrons. The molecule has 2 rings (SSSR count). The number of hydrogen-bond acceptors (Lipinski definition) is 5. The van der Waals surface area contributed by atoms with Crippen molar-refractivity contribution in [2.75, 3.05) is 26.0 Å². The number of ether oxygens (including phenoxy) is 1. The smallest absolute Gasteiger partial charge is 0.422 e. The van der Waals surface area contributed by atoms with Crippen molar-refractivity contribution in [1.82, 2.24) is 15.6 Å². The van der Waals surface area contributed by atoms with Gasteiger partial charge in [-0.3, -0.25) is 4.99 Å². The van der Waals surface area contributed by atoms with Crippen molar-refractivity contribution < 1.29 is 17.9 Å². The summed E-state index contributed by atoms with van der Waals surface area (Å²) in [6, 6.07) is 6.48. The van der Waals surface area contributed by atoms with Crippen LogP contribution in [0.4, 0.5) is 13.2 Å². The fourth-order valence-corrected chi connectivity index (χ4v) is 3.64. The van der Waals surface area contributed by atoms with Gasteiger partial charge < -0.3 is 15.4 Å². The maximum absolute atomic E-state index is 12.1. The summed E-state index contributed by atoms with van der Waals surface area (Å²) in [4.78, 5) is 8.37. The third kappa shape index (κ3) is 10.4. The first-order chi connectivity index (χ1) is 13.0. The fourth-order valence-electron chi connectivity index (χ4n) is 2.00. The molecule has 0 spiro atoms. The first-order valence-electron chi connectivity index (χ1n) is 8.21. The normalized spacial score (nSPS) is 11.6. The van der Waals surface area contributed by atoms with Crippen molar-refractivity contribution in [2.45, 2.75) is 23.5 Å². The van der Waals surface area contributed by atoms with E-state index in [0.29, 0.717) is 12.5 Å². The largest absolute Gasteiger partial charge is 0.484 e. The Labute approximate surface area is 187 Å². The van der Waals surface area contributed by atoms with E-state index < -0.39 is 12.8 Å². The molecule has 1 aromatic carbocycles. The van der Waals surface area contributed by atoms with E-state index in [4.69, 9.17) is 0 Å². The minimum atomic E-state index is -4.34. The fraction of sp³-hybridized carbons (Fsp3) is 0.412. The molecule has 1 heterocycles. The van der Waals surface area contributed by atoms with Gasteiger partial charge in [0.1, 0.15) is 10.1 Å². The highest BCUT2D eigenvalue weighted by molar-refractivity contribution is 14.0. The summed E-state index contributed by atoms with van der Waals surface area (Å²) in [6.07, 6.45) is -1.57. The number of alkyl halides is 3. The Morgan fingerprint density at radius 3 is 2.61 bits per heavy atom. The van der Waals surface area contributed by atoms with Gasteiger partial charge in [-0.1, -0.05) is 23.9 Å². The Kier molecular flexibility index (Phi) is 11.6. The average Bonchev–Trinajstić information content (AvgIpc) is 3.16. The predicted octanol–water partition coefficient (Wildman–Crippen LogP) is 4.55. The Morgan fingerprint density at radius 1 is 1.25 bits per heavy atom. The van der Waals surface area contributed by atoms with Crippen LogP contribution in [0.1, 0.15) is 12.0 Å². The van der Waals surface area contributed by atoms with Gasteiger partial charge in [0, 0.05) is 37.5 Å². The molecule has 11 heteroatoms. The van der Waals surface area contributed by atoms with E-state index in [1.54, 1.807) is 48.5 Å². The lowest BCUT2D eigenvalue weighted by atomic mass is 10.2. The predicted molar refractivity (Wildman–Crippen MR) is 119 cm³/mol. The van der Waals surface area contributed by atoms with Gasteiger partial charge in [-0.05, 0) is 24.1 Å². The molecule has 2 aromatic rings. The zero-order valence-corrected chi connectivity index (χ0v) is 19.1. The van der Waals surface area contributed by atoms with Crippen molar-refractivity contribution in [3.8, 4) is 5.75 Å². The average molecular weight is 546 g/mol. The Bertz CT molecular complexity index is 697. The zero-order valence-electron chi connectivity index (χ0n) is 15.2. The first-order valence-corrected chi connectivity index (χ1v) is 10.1. The molecule has 2 N–H and O–H groups in total. The number of guanidine groups is 1. The van der Waals surface area contributed by atoms with E-state index in [0.717, 1.165) is 28.6 Å². The molecule has 0 aliphatic heterocycles. The van der Waals surface area contributed by atoms with Crippen LogP contribution in [0.25, 0.3) is 0 Å². The molecule has 0 radical (unpaired) electrons. The van der Waals surface area contributed by atoms with Gasteiger partial charge >= 0.3 is 6.18 Å². The molecule has 0 saturated heterocycles. The maximum Gasteiger partial charge on any atom is 0.422 e. The number of thiazole rings is 1. The summed E-state index contributed by atoms with van der Waals surface area (Å²) in [5.74, 6) is 1.83. The van der Waals surface area contributed by atoms with Crippen molar-refractivity contribution >= 4 is 53.0 Å². The molecule has 0 bridgehead atoms. The molecule has 0 amide bonds. The topological polar surface area (TPSA) is 58.5 Å². The number of nitrogens with one attached hydrogen (secondary N) is 2. The quantitative estimate of drug-likeness (QED) is 0.159. The third-order valence-electron chi connectivity index (χ3n) is 3.26. The minimum absolute atomic E-state index is 0. The number of rotatable bonds is 9. The van der Waals surface area contributed by atoms with Crippen LogP contribution >= 0.6 is 47.1 Å². The van der Waals surface area contributed by atoms with Crippen molar-refractivity contribution in [1.29, 1.82) is 0 Å². The summed E-state index contributed by atoms with van der Waals surface area (Å²) in [6.45, 7) is -0.00263. The molecule has 0 fully saturated rings. The van der Waals surface area contributed by atoms with Gasteiger partial charge in [0.05, 0.1) is 0 Å². The van der Waals surface area contributed by atoms with E-state index in [2.05, 4.69) is 25.3 Å². The lowest BCUT2D eigenvalue weighted by Crippen LogP contribution is -2.37. The summed E-state index contributed by atoms with van der Waals surface area (Å²) >= 11 is 3.36. The van der Waals surface area contributed by atoms with E-state index in [-0.39, 0.29) is 29.7 Å². The number of halogens is 4. The second-order valence-corrected chi connectivity index (χ2v) is 7.64. The number of hydrogen-bond donors (Lipinski definition) is 2. The van der Waals surface area contributed by atoms with Crippen LogP contribution in [0.15, 0.2) is 45.2 Å². The molecule has 28 heavy (non-hydrogen) atoms. The SMILES string of the molecule is CN=C(NCCCSc1nccs1)NCc1ccc(OCC(F)(F)F)cc1.I. The third-order valence-corrected chi connectivity index (χ3v) is 5.31. The molecule has 0 atom stereocenters.